The van der Waals surface area contributed by atoms with Crippen molar-refractivity contribution in [1.29, 1.82) is 5.41 Å². The van der Waals surface area contributed by atoms with Gasteiger partial charge in [0.05, 0.1) is 0 Å². The van der Waals surface area contributed by atoms with Crippen molar-refractivity contribution >= 4 is 6.34 Å². The van der Waals surface area contributed by atoms with Gasteiger partial charge in [-0.25, -0.2) is 0 Å². The van der Waals surface area contributed by atoms with Crippen LogP contribution in [0.15, 0.2) is 0 Å². The summed E-state index contributed by atoms with van der Waals surface area (Å²) in [6.07, 6.45) is 8.70. The van der Waals surface area contributed by atoms with Gasteiger partial charge in [0, 0.05) is 6.04 Å². The predicted octanol–water partition coefficient (Wildman–Crippen LogP) is 1.39. The fraction of sp³-hybridized carbons (Fsp3) is 0.857. The highest BCUT2D eigenvalue weighted by Gasteiger charge is 2.10. The quantitative estimate of drug-likeness (QED) is 0.326. The Kier molecular flexibility index (Phi) is 2.55. The lowest BCUT2D eigenvalue weighted by molar-refractivity contribution is 0.415. The number of nitrogens with one attached hydrogen (secondary N) is 2. The van der Waals surface area contributed by atoms with Gasteiger partial charge in [0.25, 0.3) is 0 Å². The van der Waals surface area contributed by atoms with E-state index in [2.05, 4.69) is 11.7 Å². The Hall–Kier alpha value is -0.530. The van der Waals surface area contributed by atoms with Gasteiger partial charge in [0.2, 0.25) is 0 Å². The van der Waals surface area contributed by atoms with Crippen LogP contribution in [0.4, 0.5) is 0 Å². The summed E-state index contributed by atoms with van der Waals surface area (Å²) in [7, 11) is 0. The molecule has 1 rings (SSSR count). The third kappa shape index (κ3) is 2.04. The molecule has 51 valence electrons. The summed E-state index contributed by atoms with van der Waals surface area (Å²) in [6, 6.07) is 0.552. The Labute approximate surface area is 56.2 Å². The van der Waals surface area contributed by atoms with E-state index >= 15 is 0 Å². The van der Waals surface area contributed by atoms with E-state index in [1.54, 1.807) is 0 Å². The molecule has 0 saturated heterocycles. The summed E-state index contributed by atoms with van der Waals surface area (Å²) >= 11 is 0. The summed E-state index contributed by atoms with van der Waals surface area (Å²) in [5, 5.41) is 9.58. The van der Waals surface area contributed by atoms with Gasteiger partial charge < -0.3 is 5.32 Å². The van der Waals surface area contributed by atoms with Gasteiger partial charge in [-0.1, -0.05) is 19.3 Å². The van der Waals surface area contributed by atoms with Gasteiger partial charge in [-0.15, -0.1) is 0 Å². The van der Waals surface area contributed by atoms with Crippen molar-refractivity contribution in [2.24, 2.45) is 0 Å². The molecule has 1 fully saturated rings. The third-order valence-electron chi connectivity index (χ3n) is 1.88. The molecule has 1 saturated carbocycles. The lowest BCUT2D eigenvalue weighted by atomic mass is 9.96. The maximum atomic E-state index is 6.68. The zero-order valence-corrected chi connectivity index (χ0v) is 5.61. The fourth-order valence-electron chi connectivity index (χ4n) is 1.35. The molecule has 1 aliphatic rings. The Bertz CT molecular complexity index is 84.9. The van der Waals surface area contributed by atoms with E-state index in [-0.39, 0.29) is 0 Å². The standard InChI is InChI=1S/C7H13N2/c8-6-9-7-4-2-1-3-5-7/h7H,1-5H2,(H2,8,9). The molecule has 0 spiro atoms. The molecule has 0 unspecified atom stereocenters. The monoisotopic (exact) mass is 125 g/mol. The van der Waals surface area contributed by atoms with Crippen molar-refractivity contribution in [2.45, 2.75) is 38.1 Å². The van der Waals surface area contributed by atoms with E-state index in [0.29, 0.717) is 6.04 Å². The molecule has 9 heavy (non-hydrogen) atoms. The molecule has 1 radical (unpaired) electrons. The van der Waals surface area contributed by atoms with Crippen molar-refractivity contribution < 1.29 is 0 Å². The number of hydrogen-bond acceptors (Lipinski definition) is 1. The first-order valence-electron chi connectivity index (χ1n) is 3.61. The van der Waals surface area contributed by atoms with Crippen molar-refractivity contribution in [1.82, 2.24) is 5.32 Å². The maximum Gasteiger partial charge on any atom is 0.161 e. The normalized spacial score (nSPS) is 21.3. The molecular formula is C7H13N2. The zero-order valence-electron chi connectivity index (χ0n) is 5.61. The van der Waals surface area contributed by atoms with E-state index in [9.17, 15) is 0 Å². The van der Waals surface area contributed by atoms with Crippen LogP contribution < -0.4 is 5.32 Å². The van der Waals surface area contributed by atoms with E-state index in [4.69, 9.17) is 5.41 Å². The average molecular weight is 125 g/mol. The molecule has 0 atom stereocenters. The molecule has 0 aromatic rings. The minimum absolute atomic E-state index is 0.552. The molecule has 0 heterocycles. The van der Waals surface area contributed by atoms with Gasteiger partial charge in [-0.05, 0) is 12.8 Å². The summed E-state index contributed by atoms with van der Waals surface area (Å²) in [5.74, 6) is 0. The lowest BCUT2D eigenvalue weighted by Gasteiger charge is -2.20. The van der Waals surface area contributed by atoms with Crippen molar-refractivity contribution in [3.63, 3.8) is 0 Å². The molecule has 2 nitrogen and oxygen atoms in total. The van der Waals surface area contributed by atoms with Crippen LogP contribution in [0.2, 0.25) is 0 Å². The smallest absolute Gasteiger partial charge is 0.161 e. The van der Waals surface area contributed by atoms with Gasteiger partial charge in [-0.2, -0.15) is 0 Å². The summed E-state index contributed by atoms with van der Waals surface area (Å²) < 4.78 is 0. The topological polar surface area (TPSA) is 35.9 Å². The first kappa shape index (κ1) is 6.59. The highest BCUT2D eigenvalue weighted by atomic mass is 14.9. The summed E-state index contributed by atoms with van der Waals surface area (Å²) in [6.45, 7) is 0. The summed E-state index contributed by atoms with van der Waals surface area (Å²) in [5.41, 5.74) is 0. The SMILES string of the molecule is N=[C]NC1CCCCC1. The van der Waals surface area contributed by atoms with Crippen LogP contribution in [0.3, 0.4) is 0 Å². The van der Waals surface area contributed by atoms with E-state index in [0.717, 1.165) is 0 Å². The second-order valence-corrected chi connectivity index (χ2v) is 2.60. The van der Waals surface area contributed by atoms with Gasteiger partial charge >= 0.3 is 0 Å². The Morgan fingerprint density at radius 3 is 2.44 bits per heavy atom. The Morgan fingerprint density at radius 2 is 1.89 bits per heavy atom. The number of rotatable bonds is 2. The molecule has 0 aromatic heterocycles. The molecular weight excluding hydrogens is 112 g/mol. The highest BCUT2D eigenvalue weighted by Crippen LogP contribution is 2.16. The highest BCUT2D eigenvalue weighted by molar-refractivity contribution is 5.50. The van der Waals surface area contributed by atoms with E-state index in [1.165, 1.54) is 32.1 Å². The number of hydrogen-bond donors (Lipinski definition) is 2. The third-order valence-corrected chi connectivity index (χ3v) is 1.88. The van der Waals surface area contributed by atoms with Gasteiger partial charge in [0.1, 0.15) is 0 Å². The van der Waals surface area contributed by atoms with Crippen molar-refractivity contribution in [2.75, 3.05) is 0 Å². The lowest BCUT2D eigenvalue weighted by Crippen LogP contribution is -2.29. The Morgan fingerprint density at radius 1 is 1.22 bits per heavy atom. The van der Waals surface area contributed by atoms with Crippen LogP contribution in [0.5, 0.6) is 0 Å². The first-order valence-corrected chi connectivity index (χ1v) is 3.61. The molecule has 1 aliphatic carbocycles. The molecule has 2 heteroatoms. The molecule has 0 amide bonds. The van der Waals surface area contributed by atoms with Crippen LogP contribution >= 0.6 is 0 Å². The molecule has 2 N–H and O–H groups in total. The largest absolute Gasteiger partial charge is 0.365 e. The first-order chi connectivity index (χ1) is 4.43. The van der Waals surface area contributed by atoms with Crippen LogP contribution in [0, 0.1) is 5.41 Å². The van der Waals surface area contributed by atoms with Crippen LogP contribution in [-0.2, 0) is 0 Å². The average Bonchev–Trinajstić information content (AvgIpc) is 1.91. The van der Waals surface area contributed by atoms with Gasteiger partial charge in [0.15, 0.2) is 6.34 Å². The van der Waals surface area contributed by atoms with Gasteiger partial charge in [-0.3, -0.25) is 5.41 Å². The maximum absolute atomic E-state index is 6.68. The molecule has 0 bridgehead atoms. The summed E-state index contributed by atoms with van der Waals surface area (Å²) in [4.78, 5) is 0. The fourth-order valence-corrected chi connectivity index (χ4v) is 1.35. The minimum Gasteiger partial charge on any atom is -0.365 e. The predicted molar refractivity (Wildman–Crippen MR) is 37.7 cm³/mol. The second kappa shape index (κ2) is 3.49. The molecule has 0 aromatic carbocycles. The van der Waals surface area contributed by atoms with Crippen molar-refractivity contribution in [3.8, 4) is 0 Å². The van der Waals surface area contributed by atoms with E-state index < -0.39 is 0 Å². The second-order valence-electron chi connectivity index (χ2n) is 2.60. The Balaban J connectivity index is 2.15. The van der Waals surface area contributed by atoms with E-state index in [1.807, 2.05) is 0 Å². The van der Waals surface area contributed by atoms with Crippen LogP contribution in [0.1, 0.15) is 32.1 Å². The minimum atomic E-state index is 0.552. The zero-order chi connectivity index (χ0) is 6.53. The van der Waals surface area contributed by atoms with Crippen LogP contribution in [-0.4, -0.2) is 12.4 Å². The van der Waals surface area contributed by atoms with Crippen molar-refractivity contribution in [3.05, 3.63) is 0 Å². The van der Waals surface area contributed by atoms with Crippen LogP contribution in [0.25, 0.3) is 0 Å². The molecule has 0 aliphatic heterocycles.